The quantitative estimate of drug-likeness (QED) is 0.0975. The van der Waals surface area contributed by atoms with Crippen molar-refractivity contribution in [3.05, 3.63) is 83.8 Å². The summed E-state index contributed by atoms with van der Waals surface area (Å²) in [5.41, 5.74) is 5.20. The lowest BCUT2D eigenvalue weighted by molar-refractivity contribution is -0.139. The van der Waals surface area contributed by atoms with Crippen LogP contribution < -0.4 is 25.6 Å². The number of aliphatic hydroxyl groups excluding tert-OH is 1. The Bertz CT molecular complexity index is 2330. The number of H-pyrrole nitrogens is 1. The normalized spacial score (nSPS) is 18.6. The summed E-state index contributed by atoms with van der Waals surface area (Å²) < 4.78 is 20.1. The predicted molar refractivity (Wildman–Crippen MR) is 203 cm³/mol. The number of benzene rings is 3. The molecular weight excluding hydrogens is 723 g/mol. The van der Waals surface area contributed by atoms with E-state index in [1.54, 1.807) is 36.5 Å². The number of methoxy groups -OCH3 is 1. The number of hydrogen-bond donors (Lipinski definition) is 5. The van der Waals surface area contributed by atoms with Crippen LogP contribution in [-0.2, 0) is 14.4 Å². The van der Waals surface area contributed by atoms with Crippen molar-refractivity contribution in [1.29, 1.82) is 0 Å². The smallest absolute Gasteiger partial charge is 0.257 e. The number of nitrogens with one attached hydrogen (secondary N) is 4. The Hall–Kier alpha value is -6.46. The first-order valence-corrected chi connectivity index (χ1v) is 18.3. The maximum atomic E-state index is 14.8. The number of halogens is 1. The molecule has 0 bridgehead atoms. The lowest BCUT2D eigenvalue weighted by Gasteiger charge is -2.35. The number of nitrogens with zero attached hydrogens (tertiary/aromatic N) is 6. The molecule has 3 aliphatic rings. The van der Waals surface area contributed by atoms with Crippen LogP contribution >= 0.6 is 0 Å². The number of piperazine rings is 1. The van der Waals surface area contributed by atoms with E-state index in [2.05, 4.69) is 45.9 Å². The first-order valence-electron chi connectivity index (χ1n) is 18.3. The first-order chi connectivity index (χ1) is 27.2. The molecule has 3 aliphatic heterocycles. The monoisotopic (exact) mass is 762 g/mol. The summed E-state index contributed by atoms with van der Waals surface area (Å²) in [6.45, 7) is 3.94. The highest BCUT2D eigenvalue weighted by Crippen LogP contribution is 2.37. The van der Waals surface area contributed by atoms with Crippen molar-refractivity contribution >= 4 is 46.0 Å². The number of carbonyl (C=O) groups excluding carboxylic acids is 4. The molecule has 17 heteroatoms. The van der Waals surface area contributed by atoms with Crippen LogP contribution in [-0.4, -0.2) is 118 Å². The minimum atomic E-state index is -1.28. The summed E-state index contributed by atoms with van der Waals surface area (Å²) in [5.74, 6) is -1.50. The Kier molecular flexibility index (Phi) is 10.0. The number of anilines is 2. The molecule has 2 saturated heterocycles. The highest BCUT2D eigenvalue weighted by molar-refractivity contribution is 6.06. The lowest BCUT2D eigenvalue weighted by Crippen LogP contribution is -2.53. The molecule has 0 radical (unpaired) electrons. The number of aromatic amines is 1. The van der Waals surface area contributed by atoms with Crippen molar-refractivity contribution < 1.29 is 33.4 Å². The zero-order valence-electron chi connectivity index (χ0n) is 30.4. The zero-order chi connectivity index (χ0) is 38.9. The number of piperidine rings is 1. The van der Waals surface area contributed by atoms with Crippen LogP contribution in [0.2, 0.25) is 0 Å². The van der Waals surface area contributed by atoms with Gasteiger partial charge in [0.25, 0.3) is 5.91 Å². The number of aliphatic hydroxyl groups is 1. The second kappa shape index (κ2) is 15.3. The van der Waals surface area contributed by atoms with Gasteiger partial charge in [-0.1, -0.05) is 24.3 Å². The third-order valence-corrected chi connectivity index (χ3v) is 10.3. The zero-order valence-corrected chi connectivity index (χ0v) is 30.4. The van der Waals surface area contributed by atoms with Gasteiger partial charge in [0, 0.05) is 73.8 Å². The molecular formula is C39H39FN10O6. The minimum absolute atomic E-state index is 0.0938. The van der Waals surface area contributed by atoms with Crippen molar-refractivity contribution in [2.75, 3.05) is 63.1 Å². The summed E-state index contributed by atoms with van der Waals surface area (Å²) in [5, 5.41) is 26.6. The molecule has 0 spiro atoms. The highest BCUT2D eigenvalue weighted by atomic mass is 19.1. The Morgan fingerprint density at radius 1 is 1.04 bits per heavy atom. The lowest BCUT2D eigenvalue weighted by atomic mass is 10.0. The molecule has 2 unspecified atom stereocenters. The van der Waals surface area contributed by atoms with Gasteiger partial charge in [-0.05, 0) is 42.8 Å². The van der Waals surface area contributed by atoms with Crippen LogP contribution in [0, 0.1) is 5.82 Å². The molecule has 5 N–H and O–H groups in total. The number of carbonyl (C=O) groups is 4. The van der Waals surface area contributed by atoms with Gasteiger partial charge in [-0.3, -0.25) is 39.4 Å². The van der Waals surface area contributed by atoms with E-state index in [0.717, 1.165) is 29.2 Å². The van der Waals surface area contributed by atoms with Gasteiger partial charge < -0.3 is 25.4 Å². The minimum Gasteiger partial charge on any atom is -0.496 e. The van der Waals surface area contributed by atoms with Crippen LogP contribution in [0.4, 0.5) is 15.8 Å². The van der Waals surface area contributed by atoms with Gasteiger partial charge in [0.1, 0.15) is 34.3 Å². The summed E-state index contributed by atoms with van der Waals surface area (Å²) >= 11 is 0. The van der Waals surface area contributed by atoms with E-state index in [4.69, 9.17) is 4.74 Å². The van der Waals surface area contributed by atoms with E-state index in [-0.39, 0.29) is 42.2 Å². The second-order valence-electron chi connectivity index (χ2n) is 13.8. The molecule has 288 valence electrons. The second-order valence-corrected chi connectivity index (χ2v) is 13.8. The van der Waals surface area contributed by atoms with Crippen LogP contribution in [0.3, 0.4) is 0 Å². The number of rotatable bonds is 11. The van der Waals surface area contributed by atoms with E-state index in [1.165, 1.54) is 13.2 Å². The van der Waals surface area contributed by atoms with Gasteiger partial charge in [0.15, 0.2) is 12.1 Å². The molecule has 56 heavy (non-hydrogen) atoms. The standard InChI is InChI=1S/C39H39FN10O6/c1-56-30-4-2-3-27(40)33(30)36-43-20-28-35(45-36)34(47-46-28)22-5-8-24(9-6-22)49-17-15-48(16-18-49)21-32(52)42-14-13-41-23-7-10-25-26(19-23)39(55)50(38(25)54)29-11-12-31(51)44-37(29)53/h2-10,19-20,29,38,41,54H,11-18,21H2,1H3,(H,42,52)(H,46,47)(H,44,51,53). The molecule has 16 nitrogen and oxygen atoms in total. The van der Waals surface area contributed by atoms with Gasteiger partial charge in [0.05, 0.1) is 25.4 Å². The van der Waals surface area contributed by atoms with Gasteiger partial charge >= 0.3 is 0 Å². The number of aromatic nitrogens is 4. The van der Waals surface area contributed by atoms with Gasteiger partial charge in [0.2, 0.25) is 17.7 Å². The van der Waals surface area contributed by atoms with E-state index in [0.29, 0.717) is 59.9 Å². The fourth-order valence-electron chi connectivity index (χ4n) is 7.42. The van der Waals surface area contributed by atoms with E-state index in [9.17, 15) is 28.7 Å². The van der Waals surface area contributed by atoms with E-state index >= 15 is 0 Å². The fourth-order valence-corrected chi connectivity index (χ4v) is 7.42. The van der Waals surface area contributed by atoms with Crippen molar-refractivity contribution in [3.63, 3.8) is 0 Å². The average Bonchev–Trinajstić information content (AvgIpc) is 3.74. The third kappa shape index (κ3) is 7.09. The molecule has 8 rings (SSSR count). The summed E-state index contributed by atoms with van der Waals surface area (Å²) in [7, 11) is 1.47. The Balaban J connectivity index is 0.800. The number of ether oxygens (including phenoxy) is 1. The van der Waals surface area contributed by atoms with Gasteiger partial charge in [-0.25, -0.2) is 14.4 Å². The number of amides is 4. The predicted octanol–water partition coefficient (Wildman–Crippen LogP) is 2.44. The highest BCUT2D eigenvalue weighted by Gasteiger charge is 2.44. The molecule has 3 aromatic carbocycles. The molecule has 5 heterocycles. The van der Waals surface area contributed by atoms with Crippen molar-refractivity contribution in [2.45, 2.75) is 25.1 Å². The summed E-state index contributed by atoms with van der Waals surface area (Å²) in [6.07, 6.45) is 0.548. The van der Waals surface area contributed by atoms with Crippen LogP contribution in [0.25, 0.3) is 33.7 Å². The topological polar surface area (TPSA) is 198 Å². The van der Waals surface area contributed by atoms with Gasteiger partial charge in [-0.15, -0.1) is 0 Å². The van der Waals surface area contributed by atoms with Crippen LogP contribution in [0.5, 0.6) is 5.75 Å². The molecule has 4 amide bonds. The number of hydrogen-bond acceptors (Lipinski definition) is 12. The Morgan fingerprint density at radius 2 is 1.84 bits per heavy atom. The Labute approximate surface area is 320 Å². The molecule has 0 aliphatic carbocycles. The first kappa shape index (κ1) is 36.5. The van der Waals surface area contributed by atoms with Crippen molar-refractivity contribution in [3.8, 4) is 28.4 Å². The average molecular weight is 763 g/mol. The van der Waals surface area contributed by atoms with Gasteiger partial charge in [-0.2, -0.15) is 5.10 Å². The van der Waals surface area contributed by atoms with Crippen molar-refractivity contribution in [1.82, 2.24) is 40.6 Å². The number of fused-ring (bicyclic) bond motifs is 2. The molecule has 0 saturated carbocycles. The third-order valence-electron chi connectivity index (χ3n) is 10.3. The van der Waals surface area contributed by atoms with E-state index < -0.39 is 35.8 Å². The largest absolute Gasteiger partial charge is 0.496 e. The molecule has 5 aromatic rings. The van der Waals surface area contributed by atoms with E-state index in [1.807, 2.05) is 24.3 Å². The van der Waals surface area contributed by atoms with Crippen molar-refractivity contribution in [2.24, 2.45) is 0 Å². The molecule has 2 aromatic heterocycles. The summed E-state index contributed by atoms with van der Waals surface area (Å²) in [4.78, 5) is 64.3. The Morgan fingerprint density at radius 3 is 2.61 bits per heavy atom. The van der Waals surface area contributed by atoms with Crippen LogP contribution in [0.1, 0.15) is 35.0 Å². The number of imide groups is 1. The SMILES string of the molecule is COc1cccc(F)c1-c1ncc2[nH]nc(-c3ccc(N4CCN(CC(=O)NCCNc5ccc6c(c5)C(=O)N(C5CCC(=O)NC5=O)C6O)CC4)cc3)c2n1. The maximum absolute atomic E-state index is 14.8. The fraction of sp³-hybridized carbons (Fsp3) is 0.308. The maximum Gasteiger partial charge on any atom is 0.257 e. The summed E-state index contributed by atoms with van der Waals surface area (Å²) in [6, 6.07) is 16.7. The molecule has 2 fully saturated rings. The van der Waals surface area contributed by atoms with Crippen LogP contribution in [0.15, 0.2) is 66.9 Å². The molecule has 2 atom stereocenters.